The minimum atomic E-state index is -0.317. The Morgan fingerprint density at radius 1 is 1.58 bits per heavy atom. The summed E-state index contributed by atoms with van der Waals surface area (Å²) in [6, 6.07) is 0. The normalized spacial score (nSPS) is 16.8. The Morgan fingerprint density at radius 3 is 2.83 bits per heavy atom. The van der Waals surface area contributed by atoms with Gasteiger partial charge in [-0.25, -0.2) is 9.80 Å². The Bertz CT molecular complexity index is 146. The first kappa shape index (κ1) is 9.32. The molecule has 70 valence electrons. The molecule has 0 spiro atoms. The molecule has 4 heteroatoms. The molecule has 0 aliphatic carbocycles. The van der Waals surface area contributed by atoms with Crippen molar-refractivity contribution in [3.63, 3.8) is 0 Å². The molecule has 0 unspecified atom stereocenters. The van der Waals surface area contributed by atoms with Gasteiger partial charge in [0.25, 0.3) is 0 Å². The highest BCUT2D eigenvalue weighted by Gasteiger charge is 2.16. The van der Waals surface area contributed by atoms with E-state index >= 15 is 0 Å². The number of hydrogen-bond donors (Lipinski definition) is 1. The standard InChI is InChI=1S/C8H16N2O2/c1-2-3-7-12-8(11)9-10-5-4-6-10/h2-7H2,1H3,(H,9,11). The number of nitrogens with zero attached hydrogens (tertiary/aromatic N) is 1. The average molecular weight is 172 g/mol. The molecule has 0 aromatic carbocycles. The van der Waals surface area contributed by atoms with Crippen molar-refractivity contribution in [1.82, 2.24) is 10.4 Å². The van der Waals surface area contributed by atoms with Gasteiger partial charge in [0.05, 0.1) is 6.61 Å². The van der Waals surface area contributed by atoms with Gasteiger partial charge in [-0.3, -0.25) is 5.43 Å². The van der Waals surface area contributed by atoms with Crippen LogP contribution in [0.3, 0.4) is 0 Å². The molecule has 1 fully saturated rings. The van der Waals surface area contributed by atoms with Crippen molar-refractivity contribution in [3.05, 3.63) is 0 Å². The van der Waals surface area contributed by atoms with Gasteiger partial charge in [0.1, 0.15) is 0 Å². The van der Waals surface area contributed by atoms with Crippen LogP contribution in [0.15, 0.2) is 0 Å². The largest absolute Gasteiger partial charge is 0.449 e. The predicted molar refractivity (Wildman–Crippen MR) is 45.6 cm³/mol. The van der Waals surface area contributed by atoms with Gasteiger partial charge < -0.3 is 4.74 Å². The highest BCUT2D eigenvalue weighted by atomic mass is 16.6. The number of carbonyl (C=O) groups excluding carboxylic acids is 1. The summed E-state index contributed by atoms with van der Waals surface area (Å²) in [6.07, 6.45) is 2.84. The number of ether oxygens (including phenoxy) is 1. The number of carbonyl (C=O) groups is 1. The zero-order valence-corrected chi connectivity index (χ0v) is 7.51. The second kappa shape index (κ2) is 4.98. The summed E-state index contributed by atoms with van der Waals surface area (Å²) in [5.74, 6) is 0. The van der Waals surface area contributed by atoms with E-state index in [9.17, 15) is 4.79 Å². The van der Waals surface area contributed by atoms with Crippen molar-refractivity contribution in [2.24, 2.45) is 0 Å². The highest BCUT2D eigenvalue weighted by Crippen LogP contribution is 2.00. The van der Waals surface area contributed by atoms with Gasteiger partial charge in [-0.2, -0.15) is 0 Å². The van der Waals surface area contributed by atoms with Crippen LogP contribution in [0.4, 0.5) is 4.79 Å². The number of nitrogens with one attached hydrogen (secondary N) is 1. The van der Waals surface area contributed by atoms with Crippen LogP contribution in [0.1, 0.15) is 26.2 Å². The molecule has 1 heterocycles. The second-order valence-electron chi connectivity index (χ2n) is 2.94. The monoisotopic (exact) mass is 172 g/mol. The lowest BCUT2D eigenvalue weighted by Crippen LogP contribution is -2.50. The number of hydrogen-bond acceptors (Lipinski definition) is 3. The topological polar surface area (TPSA) is 41.6 Å². The van der Waals surface area contributed by atoms with Crippen molar-refractivity contribution < 1.29 is 9.53 Å². The Kier molecular flexibility index (Phi) is 3.87. The molecule has 1 amide bonds. The first-order valence-electron chi connectivity index (χ1n) is 4.51. The molecular formula is C8H16N2O2. The lowest BCUT2D eigenvalue weighted by atomic mass is 10.3. The molecule has 0 atom stereocenters. The first-order chi connectivity index (χ1) is 5.83. The van der Waals surface area contributed by atoms with Crippen LogP contribution in [0.5, 0.6) is 0 Å². The fraction of sp³-hybridized carbons (Fsp3) is 0.875. The van der Waals surface area contributed by atoms with Gasteiger partial charge in [0, 0.05) is 13.1 Å². The number of rotatable bonds is 4. The van der Waals surface area contributed by atoms with Crippen LogP contribution < -0.4 is 5.43 Å². The minimum absolute atomic E-state index is 0.317. The van der Waals surface area contributed by atoms with Crippen molar-refractivity contribution >= 4 is 6.09 Å². The lowest BCUT2D eigenvalue weighted by Gasteiger charge is -2.30. The molecule has 0 bridgehead atoms. The quantitative estimate of drug-likeness (QED) is 0.646. The molecule has 1 N–H and O–H groups in total. The summed E-state index contributed by atoms with van der Waals surface area (Å²) >= 11 is 0. The van der Waals surface area contributed by atoms with Crippen LogP contribution in [0.25, 0.3) is 0 Å². The second-order valence-corrected chi connectivity index (χ2v) is 2.94. The van der Waals surface area contributed by atoms with E-state index in [1.54, 1.807) is 0 Å². The van der Waals surface area contributed by atoms with E-state index in [1.807, 2.05) is 5.01 Å². The zero-order chi connectivity index (χ0) is 8.81. The Labute approximate surface area is 72.8 Å². The molecule has 0 saturated carbocycles. The number of unbranched alkanes of at least 4 members (excludes halogenated alkanes) is 1. The van der Waals surface area contributed by atoms with Gasteiger partial charge >= 0.3 is 6.09 Å². The summed E-state index contributed by atoms with van der Waals surface area (Å²) in [5, 5.41) is 1.86. The van der Waals surface area contributed by atoms with E-state index in [-0.39, 0.29) is 6.09 Å². The average Bonchev–Trinajstić information content (AvgIpc) is 1.98. The van der Waals surface area contributed by atoms with Crippen LogP contribution in [-0.2, 0) is 4.74 Å². The van der Waals surface area contributed by atoms with E-state index in [1.165, 1.54) is 0 Å². The maximum Gasteiger partial charge on any atom is 0.421 e. The molecule has 1 aliphatic rings. The van der Waals surface area contributed by atoms with Gasteiger partial charge in [-0.15, -0.1) is 0 Å². The first-order valence-corrected chi connectivity index (χ1v) is 4.51. The Hall–Kier alpha value is -0.770. The van der Waals surface area contributed by atoms with Gasteiger partial charge in [-0.05, 0) is 12.8 Å². The third-order valence-electron chi connectivity index (χ3n) is 1.84. The van der Waals surface area contributed by atoms with Crippen LogP contribution in [-0.4, -0.2) is 30.8 Å². The van der Waals surface area contributed by atoms with Gasteiger partial charge in [-0.1, -0.05) is 13.3 Å². The van der Waals surface area contributed by atoms with E-state index in [2.05, 4.69) is 12.3 Å². The summed E-state index contributed by atoms with van der Waals surface area (Å²) in [4.78, 5) is 10.9. The Balaban J connectivity index is 1.95. The maximum absolute atomic E-state index is 10.9. The molecular weight excluding hydrogens is 156 g/mol. The van der Waals surface area contributed by atoms with Gasteiger partial charge in [0.15, 0.2) is 0 Å². The fourth-order valence-electron chi connectivity index (χ4n) is 0.899. The predicted octanol–water partition coefficient (Wildman–Crippen LogP) is 1.13. The fourth-order valence-corrected chi connectivity index (χ4v) is 0.899. The van der Waals surface area contributed by atoms with E-state index < -0.39 is 0 Å². The van der Waals surface area contributed by atoms with Gasteiger partial charge in [0.2, 0.25) is 0 Å². The molecule has 1 rings (SSSR count). The molecule has 1 saturated heterocycles. The molecule has 4 nitrogen and oxygen atoms in total. The van der Waals surface area contributed by atoms with Crippen LogP contribution in [0, 0.1) is 0 Å². The third kappa shape index (κ3) is 3.09. The van der Waals surface area contributed by atoms with Crippen molar-refractivity contribution in [1.29, 1.82) is 0 Å². The van der Waals surface area contributed by atoms with E-state index in [0.29, 0.717) is 6.61 Å². The summed E-state index contributed by atoms with van der Waals surface area (Å²) < 4.78 is 4.90. The van der Waals surface area contributed by atoms with E-state index in [0.717, 1.165) is 32.4 Å². The lowest BCUT2D eigenvalue weighted by molar-refractivity contribution is 0.0738. The molecule has 0 radical (unpaired) electrons. The minimum Gasteiger partial charge on any atom is -0.449 e. The molecule has 1 aliphatic heterocycles. The van der Waals surface area contributed by atoms with Crippen molar-refractivity contribution in [2.45, 2.75) is 26.2 Å². The molecule has 12 heavy (non-hydrogen) atoms. The van der Waals surface area contributed by atoms with Crippen molar-refractivity contribution in [3.8, 4) is 0 Å². The molecule has 0 aromatic heterocycles. The summed E-state index contributed by atoms with van der Waals surface area (Å²) in [5.41, 5.74) is 2.65. The SMILES string of the molecule is CCCCOC(=O)NN1CCC1. The highest BCUT2D eigenvalue weighted by molar-refractivity contribution is 5.66. The number of hydrazine groups is 1. The maximum atomic E-state index is 10.9. The number of amides is 1. The molecule has 0 aromatic rings. The van der Waals surface area contributed by atoms with Crippen LogP contribution in [0.2, 0.25) is 0 Å². The Morgan fingerprint density at radius 2 is 2.33 bits per heavy atom. The zero-order valence-electron chi connectivity index (χ0n) is 7.51. The third-order valence-corrected chi connectivity index (χ3v) is 1.84. The smallest absolute Gasteiger partial charge is 0.421 e. The van der Waals surface area contributed by atoms with E-state index in [4.69, 9.17) is 4.74 Å². The summed E-state index contributed by atoms with van der Waals surface area (Å²) in [6.45, 7) is 4.48. The van der Waals surface area contributed by atoms with Crippen molar-refractivity contribution in [2.75, 3.05) is 19.7 Å². The summed E-state index contributed by atoms with van der Waals surface area (Å²) in [7, 11) is 0. The van der Waals surface area contributed by atoms with Crippen LogP contribution >= 0.6 is 0 Å².